The van der Waals surface area contributed by atoms with Crippen molar-refractivity contribution in [3.8, 4) is 0 Å². The molecule has 2 aliphatic rings. The molecule has 2 aliphatic heterocycles. The molecule has 180 valence electrons. The molecule has 0 bridgehead atoms. The number of carbonyl (C=O) groups excluding carboxylic acids is 3. The first kappa shape index (κ1) is 23.7. The Morgan fingerprint density at radius 3 is 2.15 bits per heavy atom. The van der Waals surface area contributed by atoms with E-state index in [1.165, 1.54) is 12.5 Å². The van der Waals surface area contributed by atoms with Gasteiger partial charge in [0.1, 0.15) is 12.2 Å². The number of anilines is 2. The Bertz CT molecular complexity index is 1040. The van der Waals surface area contributed by atoms with Crippen LogP contribution in [0.15, 0.2) is 48.5 Å². The average molecular weight is 468 g/mol. The number of urea groups is 1. The van der Waals surface area contributed by atoms with Crippen LogP contribution in [0, 0.1) is 0 Å². The summed E-state index contributed by atoms with van der Waals surface area (Å²) in [6.07, 6.45) is -2.13. The first-order valence-corrected chi connectivity index (χ1v) is 11.3. The van der Waals surface area contributed by atoms with Gasteiger partial charge in [0.25, 0.3) is 0 Å². The van der Waals surface area contributed by atoms with E-state index in [0.29, 0.717) is 22.9 Å². The summed E-state index contributed by atoms with van der Waals surface area (Å²) in [6, 6.07) is 13.5. The highest BCUT2D eigenvalue weighted by Crippen LogP contribution is 2.29. The van der Waals surface area contributed by atoms with Crippen LogP contribution in [0.2, 0.25) is 0 Å². The molecule has 9 heteroatoms. The van der Waals surface area contributed by atoms with Crippen LogP contribution in [0.25, 0.3) is 0 Å². The fourth-order valence-corrected chi connectivity index (χ4v) is 4.05. The second-order valence-corrected chi connectivity index (χ2v) is 8.78. The van der Waals surface area contributed by atoms with Crippen LogP contribution in [0.1, 0.15) is 42.6 Å². The molecule has 2 heterocycles. The third kappa shape index (κ3) is 5.55. The quantitative estimate of drug-likeness (QED) is 0.555. The first-order valence-electron chi connectivity index (χ1n) is 11.3. The molecule has 3 amide bonds. The third-order valence-electron chi connectivity index (χ3n) is 5.96. The number of fused-ring (bicyclic) bond motifs is 1. The predicted molar refractivity (Wildman–Crippen MR) is 126 cm³/mol. The minimum Gasteiger partial charge on any atom is -0.441 e. The van der Waals surface area contributed by atoms with Gasteiger partial charge in [-0.05, 0) is 54.8 Å². The molecular formula is C25H29N3O6. The van der Waals surface area contributed by atoms with Crippen LogP contribution in [0.3, 0.4) is 0 Å². The van der Waals surface area contributed by atoms with Crippen molar-refractivity contribution in [1.82, 2.24) is 5.32 Å². The molecule has 0 radical (unpaired) electrons. The fourth-order valence-electron chi connectivity index (χ4n) is 4.05. The number of benzene rings is 2. The molecule has 0 aliphatic carbocycles. The maximum Gasteiger partial charge on any atom is 0.412 e. The second-order valence-electron chi connectivity index (χ2n) is 8.78. The third-order valence-corrected chi connectivity index (χ3v) is 5.96. The maximum atomic E-state index is 12.5. The van der Waals surface area contributed by atoms with E-state index in [4.69, 9.17) is 14.2 Å². The number of hydrogen-bond donors (Lipinski definition) is 3. The van der Waals surface area contributed by atoms with Crippen molar-refractivity contribution < 1.29 is 28.6 Å². The molecule has 2 saturated heterocycles. The van der Waals surface area contributed by atoms with Gasteiger partial charge in [0.15, 0.2) is 11.9 Å². The zero-order chi connectivity index (χ0) is 24.2. The number of amides is 3. The predicted octanol–water partition coefficient (Wildman–Crippen LogP) is 3.92. The largest absolute Gasteiger partial charge is 0.441 e. The Morgan fingerprint density at radius 1 is 0.882 bits per heavy atom. The Balaban J connectivity index is 1.26. The zero-order valence-corrected chi connectivity index (χ0v) is 19.4. The fraction of sp³-hybridized carbons (Fsp3) is 0.400. The molecule has 34 heavy (non-hydrogen) atoms. The van der Waals surface area contributed by atoms with Crippen molar-refractivity contribution >= 4 is 29.3 Å². The minimum absolute atomic E-state index is 0.0532. The summed E-state index contributed by atoms with van der Waals surface area (Å²) in [5.41, 5.74) is 2.95. The van der Waals surface area contributed by atoms with Gasteiger partial charge in [-0.15, -0.1) is 0 Å². The highest BCUT2D eigenvalue weighted by Gasteiger charge is 2.50. The van der Waals surface area contributed by atoms with Gasteiger partial charge >= 0.3 is 12.1 Å². The smallest absolute Gasteiger partial charge is 0.412 e. The summed E-state index contributed by atoms with van der Waals surface area (Å²) in [5, 5.41) is 8.33. The monoisotopic (exact) mass is 467 g/mol. The molecule has 2 aromatic rings. The van der Waals surface area contributed by atoms with Gasteiger partial charge in [-0.2, -0.15) is 0 Å². The summed E-state index contributed by atoms with van der Waals surface area (Å²) < 4.78 is 17.0. The van der Waals surface area contributed by atoms with Crippen LogP contribution < -0.4 is 16.0 Å². The molecule has 0 aromatic heterocycles. The van der Waals surface area contributed by atoms with Crippen molar-refractivity contribution in [1.29, 1.82) is 0 Å². The van der Waals surface area contributed by atoms with E-state index in [1.54, 1.807) is 24.3 Å². The number of nitrogens with one attached hydrogen (secondary N) is 3. The van der Waals surface area contributed by atoms with Gasteiger partial charge in [0.05, 0.1) is 19.3 Å². The normalized spacial score (nSPS) is 23.3. The lowest BCUT2D eigenvalue weighted by molar-refractivity contribution is 0.00873. The van der Waals surface area contributed by atoms with Gasteiger partial charge in [0, 0.05) is 16.9 Å². The average Bonchev–Trinajstić information content (AvgIpc) is 3.38. The lowest BCUT2D eigenvalue weighted by Crippen LogP contribution is -2.46. The molecular weight excluding hydrogens is 438 g/mol. The van der Waals surface area contributed by atoms with Gasteiger partial charge in [-0.3, -0.25) is 10.1 Å². The van der Waals surface area contributed by atoms with E-state index >= 15 is 0 Å². The van der Waals surface area contributed by atoms with Crippen LogP contribution in [-0.2, 0) is 14.2 Å². The molecule has 4 rings (SSSR count). The first-order chi connectivity index (χ1) is 16.3. The highest BCUT2D eigenvalue weighted by molar-refractivity contribution is 5.95. The summed E-state index contributed by atoms with van der Waals surface area (Å²) in [6.45, 7) is 6.12. The Labute approximate surface area is 198 Å². The van der Waals surface area contributed by atoms with Gasteiger partial charge < -0.3 is 24.8 Å². The van der Waals surface area contributed by atoms with E-state index in [-0.39, 0.29) is 31.1 Å². The molecule has 9 nitrogen and oxygen atoms in total. The van der Waals surface area contributed by atoms with Crippen molar-refractivity contribution in [2.24, 2.45) is 0 Å². The second kappa shape index (κ2) is 10.2. The Hall–Kier alpha value is -3.43. The van der Waals surface area contributed by atoms with E-state index < -0.39 is 24.4 Å². The van der Waals surface area contributed by atoms with Crippen molar-refractivity contribution in [3.63, 3.8) is 0 Å². The molecule has 2 fully saturated rings. The molecule has 4 atom stereocenters. The van der Waals surface area contributed by atoms with Crippen molar-refractivity contribution in [2.45, 2.75) is 51.0 Å². The summed E-state index contributed by atoms with van der Waals surface area (Å²) in [5.74, 6) is 0.363. The number of Topliss-reactive ketones (excluding diaryl/α,β-unsaturated/α-hetero) is 1. The molecule has 0 saturated carbocycles. The number of ketones is 1. The van der Waals surface area contributed by atoms with Crippen molar-refractivity contribution in [2.75, 3.05) is 23.8 Å². The SMILES string of the molecule is CC(=O)c1ccc(NC(=O)O[C@@H]2CO[C@H]3[C@H]2OC[C@H]3NC(=O)Nc2ccc(C(C)C)cc2)cc1. The van der Waals surface area contributed by atoms with Crippen LogP contribution in [-0.4, -0.2) is 55.5 Å². The van der Waals surface area contributed by atoms with E-state index in [1.807, 2.05) is 24.3 Å². The van der Waals surface area contributed by atoms with E-state index in [0.717, 1.165) is 0 Å². The molecule has 3 N–H and O–H groups in total. The van der Waals surface area contributed by atoms with Gasteiger partial charge in [-0.25, -0.2) is 9.59 Å². The Kier molecular flexibility index (Phi) is 7.14. The standard InChI is InChI=1S/C25H29N3O6/c1-14(2)16-4-8-18(9-5-16)26-24(30)28-20-12-32-23-21(13-33-22(20)23)34-25(31)27-19-10-6-17(7-11-19)15(3)29/h4-11,14,20-23H,12-13H2,1-3H3,(H,27,31)(H2,26,28,30)/t20-,21-,22-,23+/m1/s1. The van der Waals surface area contributed by atoms with Crippen LogP contribution in [0.5, 0.6) is 0 Å². The lowest BCUT2D eigenvalue weighted by atomic mass is 10.0. The summed E-state index contributed by atoms with van der Waals surface area (Å²) in [7, 11) is 0. The molecule has 2 aromatic carbocycles. The highest BCUT2D eigenvalue weighted by atomic mass is 16.6. The van der Waals surface area contributed by atoms with Crippen LogP contribution >= 0.6 is 0 Å². The van der Waals surface area contributed by atoms with Crippen LogP contribution in [0.4, 0.5) is 21.0 Å². The van der Waals surface area contributed by atoms with Gasteiger partial charge in [-0.1, -0.05) is 26.0 Å². The lowest BCUT2D eigenvalue weighted by Gasteiger charge is -2.18. The number of carbonyl (C=O) groups is 3. The minimum atomic E-state index is -0.646. The number of ether oxygens (including phenoxy) is 3. The zero-order valence-electron chi connectivity index (χ0n) is 19.4. The maximum absolute atomic E-state index is 12.5. The Morgan fingerprint density at radius 2 is 1.50 bits per heavy atom. The number of rotatable bonds is 6. The topological polar surface area (TPSA) is 115 Å². The van der Waals surface area contributed by atoms with Crippen molar-refractivity contribution in [3.05, 3.63) is 59.7 Å². The van der Waals surface area contributed by atoms with E-state index in [9.17, 15) is 14.4 Å². The molecule has 0 spiro atoms. The summed E-state index contributed by atoms with van der Waals surface area (Å²) >= 11 is 0. The van der Waals surface area contributed by atoms with Gasteiger partial charge in [0.2, 0.25) is 0 Å². The van der Waals surface area contributed by atoms with E-state index in [2.05, 4.69) is 29.8 Å². The molecule has 0 unspecified atom stereocenters. The summed E-state index contributed by atoms with van der Waals surface area (Å²) in [4.78, 5) is 36.1. The number of hydrogen-bond acceptors (Lipinski definition) is 6.